The number of nitrogens with zero attached hydrogens (tertiary/aromatic N) is 3. The third-order valence-corrected chi connectivity index (χ3v) is 5.12. The number of rotatable bonds is 2. The van der Waals surface area contributed by atoms with E-state index < -0.39 is 0 Å². The highest BCUT2D eigenvalue weighted by atomic mass is 16.2. The van der Waals surface area contributed by atoms with Crippen LogP contribution in [0.4, 0.5) is 0 Å². The van der Waals surface area contributed by atoms with E-state index in [-0.39, 0.29) is 5.91 Å². The molecule has 0 unspecified atom stereocenters. The zero-order valence-electron chi connectivity index (χ0n) is 14.8. The number of carbonyl (C=O) groups excluding carboxylic acids is 1. The SMILES string of the molecule is Cc1ccc2nc(C)c(C)c(C(=O)N3CC(c4ccccn4)C3)c2c1. The van der Waals surface area contributed by atoms with Crippen LogP contribution in [0, 0.1) is 20.8 Å². The quantitative estimate of drug-likeness (QED) is 0.717. The molecule has 1 aliphatic heterocycles. The first-order valence-electron chi connectivity index (χ1n) is 8.62. The Hall–Kier alpha value is -2.75. The lowest BCUT2D eigenvalue weighted by molar-refractivity contribution is 0.0600. The standard InChI is InChI=1S/C21H21N3O/c1-13-7-8-19-17(10-13)20(14(2)15(3)23-19)21(25)24-11-16(12-24)18-6-4-5-9-22-18/h4-10,16H,11-12H2,1-3H3. The molecule has 0 saturated carbocycles. The molecule has 0 atom stereocenters. The summed E-state index contributed by atoms with van der Waals surface area (Å²) >= 11 is 0. The van der Waals surface area contributed by atoms with Crippen LogP contribution in [-0.2, 0) is 0 Å². The lowest BCUT2D eigenvalue weighted by Gasteiger charge is -2.39. The molecule has 0 N–H and O–H groups in total. The Morgan fingerprint density at radius 3 is 2.64 bits per heavy atom. The molecule has 1 aromatic carbocycles. The van der Waals surface area contributed by atoms with E-state index in [1.54, 1.807) is 0 Å². The number of pyridine rings is 2. The summed E-state index contributed by atoms with van der Waals surface area (Å²) in [6, 6.07) is 12.1. The summed E-state index contributed by atoms with van der Waals surface area (Å²) in [6.45, 7) is 7.46. The van der Waals surface area contributed by atoms with Crippen molar-refractivity contribution in [1.82, 2.24) is 14.9 Å². The van der Waals surface area contributed by atoms with E-state index in [2.05, 4.69) is 16.0 Å². The van der Waals surface area contributed by atoms with Gasteiger partial charge in [0.2, 0.25) is 0 Å². The van der Waals surface area contributed by atoms with Crippen LogP contribution in [0.15, 0.2) is 42.6 Å². The summed E-state index contributed by atoms with van der Waals surface area (Å²) in [4.78, 5) is 24.2. The second-order valence-electron chi connectivity index (χ2n) is 6.88. The van der Waals surface area contributed by atoms with Gasteiger partial charge in [-0.2, -0.15) is 0 Å². The predicted molar refractivity (Wildman–Crippen MR) is 98.8 cm³/mol. The van der Waals surface area contributed by atoms with E-state index in [1.807, 2.05) is 62.2 Å². The second kappa shape index (κ2) is 5.96. The van der Waals surface area contributed by atoms with E-state index in [1.165, 1.54) is 0 Å². The van der Waals surface area contributed by atoms with E-state index in [9.17, 15) is 4.79 Å². The largest absolute Gasteiger partial charge is 0.337 e. The normalized spacial score (nSPS) is 14.6. The maximum Gasteiger partial charge on any atom is 0.254 e. The first-order chi connectivity index (χ1) is 12.0. The average Bonchev–Trinajstić information content (AvgIpc) is 2.56. The minimum atomic E-state index is 0.103. The van der Waals surface area contributed by atoms with Crippen LogP contribution in [0.1, 0.15) is 38.8 Å². The van der Waals surface area contributed by atoms with Crippen molar-refractivity contribution in [3.63, 3.8) is 0 Å². The Kier molecular flexibility index (Phi) is 3.75. The molecule has 1 fully saturated rings. The number of benzene rings is 1. The molecule has 25 heavy (non-hydrogen) atoms. The fourth-order valence-corrected chi connectivity index (χ4v) is 3.48. The molecule has 0 radical (unpaired) electrons. The number of hydrogen-bond donors (Lipinski definition) is 0. The highest BCUT2D eigenvalue weighted by Crippen LogP contribution is 2.31. The van der Waals surface area contributed by atoms with Crippen molar-refractivity contribution in [2.24, 2.45) is 0 Å². The highest BCUT2D eigenvalue weighted by Gasteiger charge is 2.34. The van der Waals surface area contributed by atoms with Gasteiger partial charge in [0.1, 0.15) is 0 Å². The van der Waals surface area contributed by atoms with E-state index >= 15 is 0 Å². The molecule has 0 spiro atoms. The molecule has 1 aliphatic rings. The Morgan fingerprint density at radius 1 is 1.12 bits per heavy atom. The van der Waals surface area contributed by atoms with Gasteiger partial charge < -0.3 is 4.90 Å². The van der Waals surface area contributed by atoms with Gasteiger partial charge in [0, 0.05) is 42.0 Å². The third kappa shape index (κ3) is 2.68. The van der Waals surface area contributed by atoms with Crippen LogP contribution in [0.5, 0.6) is 0 Å². The third-order valence-electron chi connectivity index (χ3n) is 5.12. The molecule has 3 aromatic rings. The number of amides is 1. The second-order valence-corrected chi connectivity index (χ2v) is 6.88. The number of hydrogen-bond acceptors (Lipinski definition) is 3. The Labute approximate surface area is 147 Å². The van der Waals surface area contributed by atoms with Gasteiger partial charge in [-0.1, -0.05) is 17.7 Å². The highest BCUT2D eigenvalue weighted by molar-refractivity contribution is 6.08. The first kappa shape index (κ1) is 15.8. The van der Waals surface area contributed by atoms with Gasteiger partial charge in [-0.25, -0.2) is 0 Å². The molecule has 2 aromatic heterocycles. The van der Waals surface area contributed by atoms with Gasteiger partial charge >= 0.3 is 0 Å². The molecular formula is C21H21N3O. The lowest BCUT2D eigenvalue weighted by atomic mass is 9.92. The van der Waals surface area contributed by atoms with Crippen molar-refractivity contribution in [2.45, 2.75) is 26.7 Å². The molecule has 1 saturated heterocycles. The summed E-state index contributed by atoms with van der Waals surface area (Å²) in [6.07, 6.45) is 1.81. The summed E-state index contributed by atoms with van der Waals surface area (Å²) in [5.74, 6) is 0.437. The van der Waals surface area contributed by atoms with Crippen LogP contribution in [-0.4, -0.2) is 33.9 Å². The van der Waals surface area contributed by atoms with Crippen molar-refractivity contribution in [2.75, 3.05) is 13.1 Å². The summed E-state index contributed by atoms with van der Waals surface area (Å²) in [7, 11) is 0. The van der Waals surface area contributed by atoms with Gasteiger partial charge in [0.15, 0.2) is 0 Å². The first-order valence-corrected chi connectivity index (χ1v) is 8.62. The molecule has 3 heterocycles. The molecule has 126 valence electrons. The lowest BCUT2D eigenvalue weighted by Crippen LogP contribution is -2.49. The van der Waals surface area contributed by atoms with Gasteiger partial charge in [-0.05, 0) is 50.6 Å². The zero-order valence-corrected chi connectivity index (χ0v) is 14.8. The van der Waals surface area contributed by atoms with Crippen molar-refractivity contribution >= 4 is 16.8 Å². The van der Waals surface area contributed by atoms with Crippen LogP contribution in [0.3, 0.4) is 0 Å². The van der Waals surface area contributed by atoms with E-state index in [0.717, 1.165) is 52.1 Å². The average molecular weight is 331 g/mol. The number of fused-ring (bicyclic) bond motifs is 1. The minimum Gasteiger partial charge on any atom is -0.337 e. The van der Waals surface area contributed by atoms with Crippen LogP contribution in [0.25, 0.3) is 10.9 Å². The summed E-state index contributed by atoms with van der Waals surface area (Å²) in [5, 5.41) is 0.953. The van der Waals surface area contributed by atoms with Gasteiger partial charge in [0.25, 0.3) is 5.91 Å². The number of aryl methyl sites for hydroxylation is 2. The maximum atomic E-state index is 13.2. The minimum absolute atomic E-state index is 0.103. The molecule has 0 aliphatic carbocycles. The Morgan fingerprint density at radius 2 is 1.92 bits per heavy atom. The molecular weight excluding hydrogens is 310 g/mol. The van der Waals surface area contributed by atoms with Crippen LogP contribution in [0.2, 0.25) is 0 Å². The summed E-state index contributed by atoms with van der Waals surface area (Å²) in [5.41, 5.74) is 5.78. The van der Waals surface area contributed by atoms with Crippen molar-refractivity contribution in [1.29, 1.82) is 0 Å². The predicted octanol–water partition coefficient (Wildman–Crippen LogP) is 3.79. The molecule has 4 nitrogen and oxygen atoms in total. The van der Waals surface area contributed by atoms with Crippen LogP contribution < -0.4 is 0 Å². The number of aromatic nitrogens is 2. The van der Waals surface area contributed by atoms with Crippen molar-refractivity contribution in [3.8, 4) is 0 Å². The van der Waals surface area contributed by atoms with Crippen molar-refractivity contribution in [3.05, 3.63) is 70.7 Å². The number of carbonyl (C=O) groups is 1. The maximum absolute atomic E-state index is 13.2. The van der Waals surface area contributed by atoms with Crippen molar-refractivity contribution < 1.29 is 4.79 Å². The zero-order chi connectivity index (χ0) is 17.6. The topological polar surface area (TPSA) is 46.1 Å². The number of likely N-dealkylation sites (tertiary alicyclic amines) is 1. The van der Waals surface area contributed by atoms with E-state index in [4.69, 9.17) is 0 Å². The smallest absolute Gasteiger partial charge is 0.254 e. The van der Waals surface area contributed by atoms with E-state index in [0.29, 0.717) is 5.92 Å². The summed E-state index contributed by atoms with van der Waals surface area (Å²) < 4.78 is 0. The monoisotopic (exact) mass is 331 g/mol. The molecule has 4 rings (SSSR count). The Balaban J connectivity index is 1.67. The molecule has 1 amide bonds. The van der Waals surface area contributed by atoms with Crippen LogP contribution >= 0.6 is 0 Å². The fourth-order valence-electron chi connectivity index (χ4n) is 3.48. The molecule has 0 bridgehead atoms. The Bertz CT molecular complexity index is 960. The molecule has 4 heteroatoms. The van der Waals surface area contributed by atoms with Gasteiger partial charge in [-0.15, -0.1) is 0 Å². The van der Waals surface area contributed by atoms with Gasteiger partial charge in [-0.3, -0.25) is 14.8 Å². The van der Waals surface area contributed by atoms with Gasteiger partial charge in [0.05, 0.1) is 11.1 Å². The fraction of sp³-hybridized carbons (Fsp3) is 0.286.